The Labute approximate surface area is 141 Å². The van der Waals surface area contributed by atoms with Gasteiger partial charge in [0.05, 0.1) is 12.5 Å². The first-order valence-electron chi connectivity index (χ1n) is 7.65. The predicted octanol–water partition coefficient (Wildman–Crippen LogP) is 4.91. The fraction of sp³-hybridized carbons (Fsp3) is 0.150. The fourth-order valence-corrected chi connectivity index (χ4v) is 2.87. The Hall–Kier alpha value is -2.32. The van der Waals surface area contributed by atoms with Crippen LogP contribution in [0.1, 0.15) is 24.1 Å². The van der Waals surface area contributed by atoms with Gasteiger partial charge in [-0.1, -0.05) is 66.2 Å². The number of hydrogen-bond acceptors (Lipinski definition) is 1. The van der Waals surface area contributed by atoms with Gasteiger partial charge in [-0.15, -0.1) is 0 Å². The highest BCUT2D eigenvalue weighted by molar-refractivity contribution is 6.30. The van der Waals surface area contributed by atoms with Crippen LogP contribution in [0.5, 0.6) is 0 Å². The minimum atomic E-state index is -0.0465. The number of rotatable bonds is 4. The molecule has 3 aromatic rings. The van der Waals surface area contributed by atoms with Gasteiger partial charge in [-0.2, -0.15) is 0 Å². The van der Waals surface area contributed by atoms with Crippen LogP contribution >= 0.6 is 11.6 Å². The van der Waals surface area contributed by atoms with Crippen molar-refractivity contribution in [2.24, 2.45) is 0 Å². The number of halogens is 1. The predicted molar refractivity (Wildman–Crippen MR) is 95.7 cm³/mol. The Bertz CT molecular complexity index is 821. The maximum absolute atomic E-state index is 12.4. The van der Waals surface area contributed by atoms with Crippen molar-refractivity contribution in [3.8, 4) is 0 Å². The van der Waals surface area contributed by atoms with Crippen LogP contribution < -0.4 is 5.32 Å². The lowest BCUT2D eigenvalue weighted by Gasteiger charge is -2.15. The smallest absolute Gasteiger partial charge is 0.224 e. The van der Waals surface area contributed by atoms with Crippen LogP contribution in [0.2, 0.25) is 5.02 Å². The number of hydrogen-bond donors (Lipinski definition) is 1. The summed E-state index contributed by atoms with van der Waals surface area (Å²) in [7, 11) is 0. The number of benzene rings is 3. The standard InChI is InChI=1S/C20H18ClNO/c1-14(15-9-11-18(21)12-10-15)22-20(23)13-17-7-4-6-16-5-2-3-8-19(16)17/h2-12,14H,13H2,1H3,(H,22,23). The molecule has 0 bridgehead atoms. The summed E-state index contributed by atoms with van der Waals surface area (Å²) >= 11 is 5.90. The van der Waals surface area contributed by atoms with Gasteiger partial charge >= 0.3 is 0 Å². The second-order valence-electron chi connectivity index (χ2n) is 5.66. The molecule has 0 heterocycles. The van der Waals surface area contributed by atoms with E-state index in [4.69, 9.17) is 11.6 Å². The minimum absolute atomic E-state index is 0.0174. The monoisotopic (exact) mass is 323 g/mol. The van der Waals surface area contributed by atoms with Crippen LogP contribution in [0.4, 0.5) is 0 Å². The summed E-state index contributed by atoms with van der Waals surface area (Å²) in [6, 6.07) is 21.7. The third-order valence-electron chi connectivity index (χ3n) is 3.98. The van der Waals surface area contributed by atoms with Gasteiger partial charge in [0.25, 0.3) is 0 Å². The second kappa shape index (κ2) is 6.84. The molecule has 1 amide bonds. The largest absolute Gasteiger partial charge is 0.349 e. The summed E-state index contributed by atoms with van der Waals surface area (Å²) in [5, 5.41) is 6.03. The number of nitrogens with one attached hydrogen (secondary N) is 1. The van der Waals surface area contributed by atoms with Crippen molar-refractivity contribution in [2.75, 3.05) is 0 Å². The molecule has 0 spiro atoms. The van der Waals surface area contributed by atoms with Gasteiger partial charge in [-0.3, -0.25) is 4.79 Å². The van der Waals surface area contributed by atoms with Crippen molar-refractivity contribution in [1.82, 2.24) is 5.32 Å². The van der Waals surface area contributed by atoms with Gasteiger partial charge in [0, 0.05) is 5.02 Å². The molecule has 0 radical (unpaired) electrons. The molecular weight excluding hydrogens is 306 g/mol. The first kappa shape index (κ1) is 15.6. The Morgan fingerprint density at radius 2 is 1.70 bits per heavy atom. The van der Waals surface area contributed by atoms with E-state index in [9.17, 15) is 4.79 Å². The van der Waals surface area contributed by atoms with Gasteiger partial charge in [-0.05, 0) is 41.0 Å². The summed E-state index contributed by atoms with van der Waals surface area (Å²) in [4.78, 5) is 12.4. The van der Waals surface area contributed by atoms with Gasteiger partial charge in [0.15, 0.2) is 0 Å². The minimum Gasteiger partial charge on any atom is -0.349 e. The van der Waals surface area contributed by atoms with Gasteiger partial charge in [0.1, 0.15) is 0 Å². The summed E-state index contributed by atoms with van der Waals surface area (Å²) in [6.07, 6.45) is 0.374. The summed E-state index contributed by atoms with van der Waals surface area (Å²) in [5.74, 6) is 0.0174. The van der Waals surface area contributed by atoms with E-state index in [-0.39, 0.29) is 11.9 Å². The first-order valence-corrected chi connectivity index (χ1v) is 8.03. The molecule has 0 saturated heterocycles. The third-order valence-corrected chi connectivity index (χ3v) is 4.23. The molecule has 1 N–H and O–H groups in total. The zero-order valence-electron chi connectivity index (χ0n) is 12.9. The molecule has 0 aromatic heterocycles. The molecule has 0 aliphatic heterocycles. The maximum atomic E-state index is 12.4. The van der Waals surface area contributed by atoms with Crippen LogP contribution in [-0.4, -0.2) is 5.91 Å². The lowest BCUT2D eigenvalue weighted by atomic mass is 10.0. The molecule has 0 aliphatic carbocycles. The van der Waals surface area contributed by atoms with E-state index < -0.39 is 0 Å². The molecule has 2 nitrogen and oxygen atoms in total. The van der Waals surface area contributed by atoms with Crippen LogP contribution in [0, 0.1) is 0 Å². The second-order valence-corrected chi connectivity index (χ2v) is 6.09. The highest BCUT2D eigenvalue weighted by atomic mass is 35.5. The van der Waals surface area contributed by atoms with Gasteiger partial charge in [-0.25, -0.2) is 0 Å². The van der Waals surface area contributed by atoms with E-state index >= 15 is 0 Å². The fourth-order valence-electron chi connectivity index (χ4n) is 2.75. The number of amides is 1. The zero-order valence-corrected chi connectivity index (χ0v) is 13.7. The third kappa shape index (κ3) is 3.72. The average Bonchev–Trinajstić information content (AvgIpc) is 2.55. The molecule has 3 heteroatoms. The van der Waals surface area contributed by atoms with E-state index in [2.05, 4.69) is 23.5 Å². The van der Waals surface area contributed by atoms with Crippen LogP contribution in [0.25, 0.3) is 10.8 Å². The average molecular weight is 324 g/mol. The lowest BCUT2D eigenvalue weighted by Crippen LogP contribution is -2.28. The van der Waals surface area contributed by atoms with E-state index in [1.165, 1.54) is 0 Å². The van der Waals surface area contributed by atoms with E-state index in [0.717, 1.165) is 21.9 Å². The molecular formula is C20H18ClNO. The number of fused-ring (bicyclic) bond motifs is 1. The molecule has 116 valence electrons. The highest BCUT2D eigenvalue weighted by Crippen LogP contribution is 2.20. The molecule has 0 fully saturated rings. The normalized spacial score (nSPS) is 12.1. The van der Waals surface area contributed by atoms with Crippen molar-refractivity contribution in [1.29, 1.82) is 0 Å². The van der Waals surface area contributed by atoms with Crippen molar-refractivity contribution in [2.45, 2.75) is 19.4 Å². The SMILES string of the molecule is CC(NC(=O)Cc1cccc2ccccc12)c1ccc(Cl)cc1. The van der Waals surface area contributed by atoms with Gasteiger partial charge in [0.2, 0.25) is 5.91 Å². The van der Waals surface area contributed by atoms with Crippen molar-refractivity contribution in [3.63, 3.8) is 0 Å². The molecule has 1 atom stereocenters. The number of carbonyl (C=O) groups is 1. The lowest BCUT2D eigenvalue weighted by molar-refractivity contribution is -0.121. The van der Waals surface area contributed by atoms with Gasteiger partial charge < -0.3 is 5.32 Å². The summed E-state index contributed by atoms with van der Waals surface area (Å²) < 4.78 is 0. The van der Waals surface area contributed by atoms with Crippen LogP contribution in [0.3, 0.4) is 0 Å². The molecule has 1 unspecified atom stereocenters. The highest BCUT2D eigenvalue weighted by Gasteiger charge is 2.11. The Balaban J connectivity index is 1.72. The molecule has 0 saturated carbocycles. The molecule has 3 rings (SSSR count). The van der Waals surface area contributed by atoms with Crippen molar-refractivity contribution < 1.29 is 4.79 Å². The summed E-state index contributed by atoms with van der Waals surface area (Å²) in [6.45, 7) is 1.98. The molecule has 3 aromatic carbocycles. The van der Waals surface area contributed by atoms with E-state index in [1.807, 2.05) is 55.5 Å². The zero-order chi connectivity index (χ0) is 16.2. The Morgan fingerprint density at radius 1 is 1.00 bits per heavy atom. The first-order chi connectivity index (χ1) is 11.1. The van der Waals surface area contributed by atoms with E-state index in [1.54, 1.807) is 0 Å². The maximum Gasteiger partial charge on any atom is 0.224 e. The van der Waals surface area contributed by atoms with Crippen LogP contribution in [-0.2, 0) is 11.2 Å². The Morgan fingerprint density at radius 3 is 2.48 bits per heavy atom. The molecule has 0 aliphatic rings. The molecule has 23 heavy (non-hydrogen) atoms. The van der Waals surface area contributed by atoms with Crippen LogP contribution in [0.15, 0.2) is 66.7 Å². The number of carbonyl (C=O) groups excluding carboxylic acids is 1. The van der Waals surface area contributed by atoms with E-state index in [0.29, 0.717) is 11.4 Å². The quantitative estimate of drug-likeness (QED) is 0.726. The summed E-state index contributed by atoms with van der Waals surface area (Å²) in [5.41, 5.74) is 2.09. The topological polar surface area (TPSA) is 29.1 Å². The van der Waals surface area contributed by atoms with Crippen molar-refractivity contribution in [3.05, 3.63) is 82.9 Å². The van der Waals surface area contributed by atoms with Crippen molar-refractivity contribution >= 4 is 28.3 Å². The Kier molecular flexibility index (Phi) is 4.63.